The van der Waals surface area contributed by atoms with Crippen LogP contribution in [0.1, 0.15) is 0 Å². The molecule has 8 heteroatoms. The van der Waals surface area contributed by atoms with Crippen LogP contribution in [0.4, 0.5) is 21.2 Å². The number of hydrogen-bond acceptors (Lipinski definition) is 4. The Bertz CT molecular complexity index is 652. The smallest absolute Gasteiger partial charge is 0.319 e. The van der Waals surface area contributed by atoms with Crippen LogP contribution in [0.25, 0.3) is 0 Å². The Labute approximate surface area is 117 Å². The molecule has 0 fully saturated rings. The zero-order valence-corrected chi connectivity index (χ0v) is 11.5. The van der Waals surface area contributed by atoms with Gasteiger partial charge in [0, 0.05) is 17.8 Å². The van der Waals surface area contributed by atoms with Gasteiger partial charge in [-0.25, -0.2) is 4.79 Å². The summed E-state index contributed by atoms with van der Waals surface area (Å²) >= 11 is 6.97. The van der Waals surface area contributed by atoms with E-state index in [1.807, 2.05) is 0 Å². The molecule has 6 nitrogen and oxygen atoms in total. The van der Waals surface area contributed by atoms with Gasteiger partial charge >= 0.3 is 6.03 Å². The highest BCUT2D eigenvalue weighted by Crippen LogP contribution is 2.27. The summed E-state index contributed by atoms with van der Waals surface area (Å²) in [5.41, 5.74) is 0.533. The van der Waals surface area contributed by atoms with E-state index in [1.165, 1.54) is 7.05 Å². The van der Waals surface area contributed by atoms with Gasteiger partial charge in [-0.1, -0.05) is 17.7 Å². The number of benzene rings is 1. The topological polar surface area (TPSA) is 86.0 Å². The molecule has 0 spiro atoms. The minimum absolute atomic E-state index is 0.171. The fourth-order valence-electron chi connectivity index (χ4n) is 1.38. The second-order valence-corrected chi connectivity index (χ2v) is 4.83. The first-order valence-corrected chi connectivity index (χ1v) is 6.52. The molecule has 2 aromatic rings. The molecule has 0 aliphatic rings. The van der Waals surface area contributed by atoms with E-state index in [1.54, 1.807) is 24.3 Å². The Morgan fingerprint density at radius 1 is 1.42 bits per heavy atom. The molecule has 0 saturated carbocycles. The first-order chi connectivity index (χ1) is 9.10. The van der Waals surface area contributed by atoms with Crippen molar-refractivity contribution in [3.63, 3.8) is 0 Å². The molecular formula is C11H11ClN4O2S. The number of carbonyl (C=O) groups is 1. The number of nitrogens with one attached hydrogen (secondary N) is 4. The molecule has 4 N–H and O–H groups in total. The Kier molecular flexibility index (Phi) is 4.08. The molecule has 0 radical (unpaired) electrons. The molecule has 2 amide bonds. The zero-order chi connectivity index (χ0) is 13.8. The van der Waals surface area contributed by atoms with Crippen LogP contribution in [0, 0.1) is 0 Å². The summed E-state index contributed by atoms with van der Waals surface area (Å²) in [4.78, 5) is 22.9. The quantitative estimate of drug-likeness (QED) is 0.702. The molecule has 0 atom stereocenters. The number of carbonyl (C=O) groups excluding carboxylic acids is 1. The van der Waals surface area contributed by atoms with Gasteiger partial charge in [0.2, 0.25) is 0 Å². The Hall–Kier alpha value is -1.99. The van der Waals surface area contributed by atoms with Gasteiger partial charge in [-0.05, 0) is 29.7 Å². The van der Waals surface area contributed by atoms with E-state index in [2.05, 4.69) is 20.3 Å². The Balaban J connectivity index is 2.26. The van der Waals surface area contributed by atoms with Crippen LogP contribution in [0.2, 0.25) is 5.02 Å². The summed E-state index contributed by atoms with van der Waals surface area (Å²) < 4.78 is 2.55. The van der Waals surface area contributed by atoms with Gasteiger partial charge in [0.1, 0.15) is 10.7 Å². The first-order valence-electron chi connectivity index (χ1n) is 5.33. The maximum Gasteiger partial charge on any atom is 0.319 e. The zero-order valence-electron chi connectivity index (χ0n) is 9.91. The van der Waals surface area contributed by atoms with Crippen molar-refractivity contribution < 1.29 is 4.79 Å². The molecule has 2 rings (SSSR count). The molecule has 1 aromatic heterocycles. The summed E-state index contributed by atoms with van der Waals surface area (Å²) in [6.45, 7) is 0. The molecule has 19 heavy (non-hydrogen) atoms. The third kappa shape index (κ3) is 3.27. The molecule has 0 bridgehead atoms. The SMILES string of the molecule is CNC(=O)Nc1c(Nc2cccc(Cl)c2)s[nH]c1=O. The largest absolute Gasteiger partial charge is 0.344 e. The van der Waals surface area contributed by atoms with Crippen molar-refractivity contribution in [1.29, 1.82) is 0 Å². The number of aromatic amines is 1. The number of rotatable bonds is 3. The molecule has 0 unspecified atom stereocenters. The van der Waals surface area contributed by atoms with Crippen LogP contribution >= 0.6 is 23.1 Å². The van der Waals surface area contributed by atoms with E-state index in [4.69, 9.17) is 11.6 Å². The van der Waals surface area contributed by atoms with Gasteiger partial charge in [0.05, 0.1) is 0 Å². The minimum Gasteiger partial charge on any atom is -0.344 e. The monoisotopic (exact) mass is 298 g/mol. The summed E-state index contributed by atoms with van der Waals surface area (Å²) in [6, 6.07) is 6.59. The number of H-pyrrole nitrogens is 1. The van der Waals surface area contributed by atoms with Crippen LogP contribution in [0.5, 0.6) is 0 Å². The number of aromatic nitrogens is 1. The van der Waals surface area contributed by atoms with Crippen LogP contribution in [0.3, 0.4) is 0 Å². The van der Waals surface area contributed by atoms with Crippen molar-refractivity contribution in [2.24, 2.45) is 0 Å². The molecule has 0 saturated heterocycles. The third-order valence-corrected chi connectivity index (χ3v) is 3.28. The predicted molar refractivity (Wildman–Crippen MR) is 77.8 cm³/mol. The van der Waals surface area contributed by atoms with E-state index < -0.39 is 6.03 Å². The average Bonchev–Trinajstić information content (AvgIpc) is 2.71. The van der Waals surface area contributed by atoms with Crippen molar-refractivity contribution in [1.82, 2.24) is 9.69 Å². The van der Waals surface area contributed by atoms with Crippen molar-refractivity contribution in [3.8, 4) is 0 Å². The van der Waals surface area contributed by atoms with Gasteiger partial charge < -0.3 is 16.0 Å². The van der Waals surface area contributed by atoms with E-state index in [0.717, 1.165) is 17.2 Å². The van der Waals surface area contributed by atoms with E-state index in [9.17, 15) is 9.59 Å². The maximum absolute atomic E-state index is 11.6. The molecule has 1 heterocycles. The molecular weight excluding hydrogens is 288 g/mol. The summed E-state index contributed by atoms with van der Waals surface area (Å²) in [6.07, 6.45) is 0. The second kappa shape index (κ2) is 5.77. The van der Waals surface area contributed by atoms with Crippen molar-refractivity contribution in [3.05, 3.63) is 39.6 Å². The van der Waals surface area contributed by atoms with Gasteiger partial charge in [0.25, 0.3) is 5.56 Å². The van der Waals surface area contributed by atoms with E-state index >= 15 is 0 Å². The van der Waals surface area contributed by atoms with E-state index in [0.29, 0.717) is 10.0 Å². The summed E-state index contributed by atoms with van der Waals surface area (Å²) in [7, 11) is 1.47. The lowest BCUT2D eigenvalue weighted by molar-refractivity contribution is 0.254. The van der Waals surface area contributed by atoms with Gasteiger partial charge in [-0.15, -0.1) is 0 Å². The molecule has 1 aromatic carbocycles. The van der Waals surface area contributed by atoms with Crippen molar-refractivity contribution >= 4 is 45.5 Å². The maximum atomic E-state index is 11.6. The Morgan fingerprint density at radius 3 is 2.89 bits per heavy atom. The van der Waals surface area contributed by atoms with Gasteiger partial charge in [-0.3, -0.25) is 9.17 Å². The summed E-state index contributed by atoms with van der Waals surface area (Å²) in [5, 5.41) is 8.96. The highest BCUT2D eigenvalue weighted by Gasteiger charge is 2.13. The van der Waals surface area contributed by atoms with E-state index in [-0.39, 0.29) is 11.2 Å². The predicted octanol–water partition coefficient (Wildman–Crippen LogP) is 2.58. The van der Waals surface area contributed by atoms with Crippen LogP contribution in [-0.4, -0.2) is 17.5 Å². The fourth-order valence-corrected chi connectivity index (χ4v) is 2.28. The molecule has 0 aliphatic heterocycles. The number of halogens is 1. The average molecular weight is 299 g/mol. The molecule has 100 valence electrons. The number of urea groups is 1. The van der Waals surface area contributed by atoms with Crippen LogP contribution < -0.4 is 21.5 Å². The number of hydrogen-bond donors (Lipinski definition) is 4. The fraction of sp³-hybridized carbons (Fsp3) is 0.0909. The van der Waals surface area contributed by atoms with Crippen LogP contribution in [0.15, 0.2) is 29.1 Å². The Morgan fingerprint density at radius 2 is 2.21 bits per heavy atom. The first kappa shape index (κ1) is 13.4. The van der Waals surface area contributed by atoms with Crippen LogP contribution in [-0.2, 0) is 0 Å². The summed E-state index contributed by atoms with van der Waals surface area (Å²) in [5.74, 6) is 0. The number of anilines is 3. The highest BCUT2D eigenvalue weighted by molar-refractivity contribution is 7.11. The molecule has 0 aliphatic carbocycles. The lowest BCUT2D eigenvalue weighted by Gasteiger charge is -2.07. The lowest BCUT2D eigenvalue weighted by atomic mass is 10.3. The second-order valence-electron chi connectivity index (χ2n) is 3.58. The standard InChI is InChI=1S/C11H11ClN4O2S/c1-13-11(18)15-8-9(17)16-19-10(8)14-7-4-2-3-6(12)5-7/h2-5,14H,1H3,(H,16,17)(H2,13,15,18). The normalized spacial score (nSPS) is 10.0. The highest BCUT2D eigenvalue weighted by atomic mass is 35.5. The third-order valence-electron chi connectivity index (χ3n) is 2.25. The van der Waals surface area contributed by atoms with Gasteiger partial charge in [-0.2, -0.15) is 0 Å². The van der Waals surface area contributed by atoms with Gasteiger partial charge in [0.15, 0.2) is 0 Å². The van der Waals surface area contributed by atoms with Crippen molar-refractivity contribution in [2.75, 3.05) is 17.7 Å². The number of amides is 2. The van der Waals surface area contributed by atoms with Crippen molar-refractivity contribution in [2.45, 2.75) is 0 Å². The minimum atomic E-state index is -0.460. The lowest BCUT2D eigenvalue weighted by Crippen LogP contribution is -2.27.